The molecule has 0 bridgehead atoms. The molecule has 2 rings (SSSR count). The molecule has 0 radical (unpaired) electrons. The lowest BCUT2D eigenvalue weighted by Crippen LogP contribution is -2.20. The van der Waals surface area contributed by atoms with E-state index in [-0.39, 0.29) is 12.4 Å². The van der Waals surface area contributed by atoms with Crippen LogP contribution in [0.25, 0.3) is 11.1 Å². The van der Waals surface area contributed by atoms with E-state index in [1.165, 1.54) is 12.1 Å². The lowest BCUT2D eigenvalue weighted by molar-refractivity contribution is 0.194. The van der Waals surface area contributed by atoms with Crippen molar-refractivity contribution < 1.29 is 14.3 Å². The van der Waals surface area contributed by atoms with Gasteiger partial charge in [0.2, 0.25) is 0 Å². The van der Waals surface area contributed by atoms with Crippen molar-refractivity contribution >= 4 is 17.7 Å². The Bertz CT molecular complexity index is 599. The van der Waals surface area contributed by atoms with Crippen LogP contribution in [0.15, 0.2) is 42.5 Å². The quantitative estimate of drug-likeness (QED) is 0.895. The Hall–Kier alpha value is -2.07. The minimum atomic E-state index is -1.10. The van der Waals surface area contributed by atoms with E-state index in [1.54, 1.807) is 24.3 Å². The van der Waals surface area contributed by atoms with Crippen LogP contribution in [0, 0.1) is 5.82 Å². The molecule has 0 aliphatic carbocycles. The Kier molecular flexibility index (Phi) is 4.02. The lowest BCUT2D eigenvalue weighted by Gasteiger charge is -2.07. The molecule has 0 heterocycles. The van der Waals surface area contributed by atoms with Crippen molar-refractivity contribution in [2.24, 2.45) is 0 Å². The Morgan fingerprint density at radius 3 is 2.37 bits per heavy atom. The summed E-state index contributed by atoms with van der Waals surface area (Å²) in [6.45, 7) is 0.151. The summed E-state index contributed by atoms with van der Waals surface area (Å²) in [6.07, 6.45) is -1.10. The standard InChI is InChI=1S/C14H11ClFNO2/c15-13-7-10(9-3-5-12(16)6-4-9)1-2-11(13)8-17-14(18)19/h1-7,17H,8H2,(H,18,19). The summed E-state index contributed by atoms with van der Waals surface area (Å²) in [5, 5.41) is 11.3. The second kappa shape index (κ2) is 5.71. The third kappa shape index (κ3) is 3.45. The molecule has 19 heavy (non-hydrogen) atoms. The van der Waals surface area contributed by atoms with Crippen molar-refractivity contribution in [3.8, 4) is 11.1 Å². The minimum Gasteiger partial charge on any atom is -0.465 e. The van der Waals surface area contributed by atoms with Gasteiger partial charge < -0.3 is 10.4 Å². The third-order valence-corrected chi connectivity index (χ3v) is 3.01. The van der Waals surface area contributed by atoms with Crippen LogP contribution in [0.4, 0.5) is 9.18 Å². The smallest absolute Gasteiger partial charge is 0.404 e. The number of halogens is 2. The SMILES string of the molecule is O=C(O)NCc1ccc(-c2ccc(F)cc2)cc1Cl. The summed E-state index contributed by atoms with van der Waals surface area (Å²) in [6, 6.07) is 11.4. The van der Waals surface area contributed by atoms with Crippen molar-refractivity contribution in [1.29, 1.82) is 0 Å². The van der Waals surface area contributed by atoms with Crippen LogP contribution in [0.5, 0.6) is 0 Å². The molecule has 0 saturated heterocycles. The van der Waals surface area contributed by atoms with Crippen LogP contribution in [-0.2, 0) is 6.54 Å². The van der Waals surface area contributed by atoms with Gasteiger partial charge in [-0.05, 0) is 34.9 Å². The summed E-state index contributed by atoms with van der Waals surface area (Å²) < 4.78 is 12.8. The summed E-state index contributed by atoms with van der Waals surface area (Å²) in [5.74, 6) is -0.294. The van der Waals surface area contributed by atoms with Gasteiger partial charge in [0.1, 0.15) is 5.82 Å². The van der Waals surface area contributed by atoms with E-state index in [0.29, 0.717) is 10.6 Å². The van der Waals surface area contributed by atoms with Gasteiger partial charge in [-0.3, -0.25) is 0 Å². The molecule has 1 amide bonds. The van der Waals surface area contributed by atoms with Gasteiger partial charge in [0.15, 0.2) is 0 Å². The minimum absolute atomic E-state index is 0.151. The van der Waals surface area contributed by atoms with Crippen LogP contribution in [0.3, 0.4) is 0 Å². The maximum Gasteiger partial charge on any atom is 0.404 e. The molecule has 2 aromatic rings. The predicted octanol–water partition coefficient (Wildman–Crippen LogP) is 3.91. The van der Waals surface area contributed by atoms with E-state index < -0.39 is 6.09 Å². The van der Waals surface area contributed by atoms with Crippen LogP contribution in [-0.4, -0.2) is 11.2 Å². The van der Waals surface area contributed by atoms with Crippen LogP contribution in [0.1, 0.15) is 5.56 Å². The topological polar surface area (TPSA) is 49.3 Å². The zero-order chi connectivity index (χ0) is 13.8. The molecule has 3 nitrogen and oxygen atoms in total. The number of carboxylic acid groups (broad SMARTS) is 1. The molecule has 0 spiro atoms. The molecule has 2 aromatic carbocycles. The number of benzene rings is 2. The first kappa shape index (κ1) is 13.4. The van der Waals surface area contributed by atoms with Crippen molar-refractivity contribution in [2.45, 2.75) is 6.54 Å². The highest BCUT2D eigenvalue weighted by molar-refractivity contribution is 6.31. The zero-order valence-electron chi connectivity index (χ0n) is 9.86. The Balaban J connectivity index is 2.23. The van der Waals surface area contributed by atoms with E-state index in [1.807, 2.05) is 6.07 Å². The summed E-state index contributed by atoms with van der Waals surface area (Å²) in [7, 11) is 0. The fourth-order valence-electron chi connectivity index (χ4n) is 1.68. The predicted molar refractivity (Wildman–Crippen MR) is 71.7 cm³/mol. The van der Waals surface area contributed by atoms with Crippen molar-refractivity contribution in [1.82, 2.24) is 5.32 Å². The fraction of sp³-hybridized carbons (Fsp3) is 0.0714. The first-order chi connectivity index (χ1) is 9.06. The molecule has 0 saturated carbocycles. The van der Waals surface area contributed by atoms with Gasteiger partial charge in [0, 0.05) is 11.6 Å². The van der Waals surface area contributed by atoms with E-state index >= 15 is 0 Å². The average molecular weight is 280 g/mol. The Labute approximate surface area is 114 Å². The molecule has 0 fully saturated rings. The third-order valence-electron chi connectivity index (χ3n) is 2.66. The van der Waals surface area contributed by atoms with E-state index in [0.717, 1.165) is 11.1 Å². The molecule has 98 valence electrons. The van der Waals surface area contributed by atoms with Crippen LogP contribution < -0.4 is 5.32 Å². The fourth-order valence-corrected chi connectivity index (χ4v) is 1.93. The van der Waals surface area contributed by atoms with E-state index in [2.05, 4.69) is 5.32 Å². The molecule has 0 aliphatic rings. The van der Waals surface area contributed by atoms with Crippen molar-refractivity contribution in [3.05, 3.63) is 58.9 Å². The molecule has 0 aromatic heterocycles. The Morgan fingerprint density at radius 1 is 1.16 bits per heavy atom. The highest BCUT2D eigenvalue weighted by Crippen LogP contribution is 2.25. The highest BCUT2D eigenvalue weighted by atomic mass is 35.5. The highest BCUT2D eigenvalue weighted by Gasteiger charge is 2.05. The van der Waals surface area contributed by atoms with Crippen LogP contribution in [0.2, 0.25) is 5.02 Å². The molecule has 0 aliphatic heterocycles. The van der Waals surface area contributed by atoms with Crippen LogP contribution >= 0.6 is 11.6 Å². The number of hydrogen-bond acceptors (Lipinski definition) is 1. The monoisotopic (exact) mass is 279 g/mol. The summed E-state index contributed by atoms with van der Waals surface area (Å²) in [4.78, 5) is 10.4. The van der Waals surface area contributed by atoms with Gasteiger partial charge in [0.05, 0.1) is 0 Å². The average Bonchev–Trinajstić information content (AvgIpc) is 2.38. The van der Waals surface area contributed by atoms with Gasteiger partial charge >= 0.3 is 6.09 Å². The first-order valence-electron chi connectivity index (χ1n) is 5.57. The molecule has 2 N–H and O–H groups in total. The first-order valence-corrected chi connectivity index (χ1v) is 5.95. The largest absolute Gasteiger partial charge is 0.465 e. The number of nitrogens with one attached hydrogen (secondary N) is 1. The maximum absolute atomic E-state index is 12.8. The number of rotatable bonds is 3. The molecular formula is C14H11ClFNO2. The lowest BCUT2D eigenvalue weighted by atomic mass is 10.0. The van der Waals surface area contributed by atoms with Gasteiger partial charge in [-0.1, -0.05) is 35.9 Å². The second-order valence-corrected chi connectivity index (χ2v) is 4.38. The van der Waals surface area contributed by atoms with Crippen molar-refractivity contribution in [3.63, 3.8) is 0 Å². The number of carbonyl (C=O) groups is 1. The van der Waals surface area contributed by atoms with Gasteiger partial charge in [-0.25, -0.2) is 9.18 Å². The van der Waals surface area contributed by atoms with E-state index in [9.17, 15) is 9.18 Å². The van der Waals surface area contributed by atoms with Gasteiger partial charge in [-0.2, -0.15) is 0 Å². The number of hydrogen-bond donors (Lipinski definition) is 2. The normalized spacial score (nSPS) is 10.2. The van der Waals surface area contributed by atoms with Gasteiger partial charge in [0.25, 0.3) is 0 Å². The second-order valence-electron chi connectivity index (χ2n) is 3.97. The molecule has 0 atom stereocenters. The molecule has 0 unspecified atom stereocenters. The number of amides is 1. The van der Waals surface area contributed by atoms with Crippen molar-refractivity contribution in [2.75, 3.05) is 0 Å². The van der Waals surface area contributed by atoms with Gasteiger partial charge in [-0.15, -0.1) is 0 Å². The van der Waals surface area contributed by atoms with E-state index in [4.69, 9.17) is 16.7 Å². The Morgan fingerprint density at radius 2 is 1.79 bits per heavy atom. The zero-order valence-corrected chi connectivity index (χ0v) is 10.6. The molecule has 5 heteroatoms. The maximum atomic E-state index is 12.8. The summed E-state index contributed by atoms with van der Waals surface area (Å²) >= 11 is 6.09. The summed E-state index contributed by atoms with van der Waals surface area (Å²) in [5.41, 5.74) is 2.39. The molecular weight excluding hydrogens is 269 g/mol.